The highest BCUT2D eigenvalue weighted by Crippen LogP contribution is 2.57. The zero-order valence-corrected chi connectivity index (χ0v) is 34.8. The number of rotatable bonds is 8. The second-order valence-corrected chi connectivity index (χ2v) is 16.8. The molecule has 1 heterocycles. The summed E-state index contributed by atoms with van der Waals surface area (Å²) in [7, 11) is 0. The molecular weight excluding hydrogens is 761 g/mol. The van der Waals surface area contributed by atoms with Gasteiger partial charge in [0.25, 0.3) is 0 Å². The fourth-order valence-corrected chi connectivity index (χ4v) is 10.7. The quantitative estimate of drug-likeness (QED) is 0.151. The number of para-hydroxylation sites is 1. The van der Waals surface area contributed by atoms with E-state index in [1.54, 1.807) is 0 Å². The smallest absolute Gasteiger partial charge is 0.0714 e. The lowest BCUT2D eigenvalue weighted by atomic mass is 9.67. The molecule has 2 unspecified atom stereocenters. The van der Waals surface area contributed by atoms with Crippen molar-refractivity contribution in [2.45, 2.75) is 17.4 Å². The van der Waals surface area contributed by atoms with E-state index in [-0.39, 0.29) is 6.04 Å². The van der Waals surface area contributed by atoms with Crippen molar-refractivity contribution in [1.29, 1.82) is 0 Å². The van der Waals surface area contributed by atoms with Gasteiger partial charge in [-0.1, -0.05) is 194 Å². The summed E-state index contributed by atoms with van der Waals surface area (Å²) in [4.78, 5) is 4.92. The van der Waals surface area contributed by atoms with Gasteiger partial charge in [0.1, 0.15) is 0 Å². The van der Waals surface area contributed by atoms with Gasteiger partial charge < -0.3 is 9.80 Å². The number of hydrogen-bond acceptors (Lipinski definition) is 2. The molecule has 2 aliphatic carbocycles. The van der Waals surface area contributed by atoms with E-state index in [4.69, 9.17) is 0 Å². The summed E-state index contributed by atoms with van der Waals surface area (Å²) in [6, 6.07) is 85.1. The molecule has 12 rings (SSSR count). The van der Waals surface area contributed by atoms with E-state index in [9.17, 15) is 0 Å². The first-order chi connectivity index (χ1) is 31.3. The van der Waals surface area contributed by atoms with Crippen molar-refractivity contribution in [3.63, 3.8) is 0 Å². The van der Waals surface area contributed by atoms with E-state index in [1.807, 2.05) is 0 Å². The number of nitrogens with zero attached hydrogens (tertiary/aromatic N) is 2. The summed E-state index contributed by atoms with van der Waals surface area (Å²) in [5, 5.41) is 0. The maximum Gasteiger partial charge on any atom is 0.0714 e. The van der Waals surface area contributed by atoms with E-state index >= 15 is 0 Å². The molecule has 9 aromatic rings. The molecular formula is C61H44N2. The lowest BCUT2D eigenvalue weighted by Crippen LogP contribution is -2.28. The molecule has 2 atom stereocenters. The zero-order chi connectivity index (χ0) is 41.7. The summed E-state index contributed by atoms with van der Waals surface area (Å²) in [6.07, 6.45) is 9.09. The minimum Gasteiger partial charge on any atom is -0.333 e. The third kappa shape index (κ3) is 6.02. The second-order valence-electron chi connectivity index (χ2n) is 16.8. The number of hydrogen-bond donors (Lipinski definition) is 0. The topological polar surface area (TPSA) is 6.48 Å². The van der Waals surface area contributed by atoms with Crippen molar-refractivity contribution in [2.75, 3.05) is 9.80 Å². The van der Waals surface area contributed by atoms with Crippen LogP contribution in [0.25, 0.3) is 33.4 Å². The average Bonchev–Trinajstić information content (AvgIpc) is 3.86. The Hall–Kier alpha value is -7.94. The average molecular weight is 805 g/mol. The van der Waals surface area contributed by atoms with Crippen LogP contribution in [0.4, 0.5) is 28.4 Å². The molecule has 63 heavy (non-hydrogen) atoms. The maximum atomic E-state index is 2.49. The van der Waals surface area contributed by atoms with Gasteiger partial charge in [-0.15, -0.1) is 0 Å². The molecule has 2 nitrogen and oxygen atoms in total. The number of allylic oxidation sites excluding steroid dienone is 2. The molecule has 0 saturated heterocycles. The van der Waals surface area contributed by atoms with E-state index in [2.05, 4.69) is 265 Å². The molecule has 0 radical (unpaired) electrons. The number of anilines is 5. The Morgan fingerprint density at radius 1 is 0.381 bits per heavy atom. The van der Waals surface area contributed by atoms with Crippen LogP contribution in [0.1, 0.15) is 33.7 Å². The highest BCUT2D eigenvalue weighted by Gasteiger charge is 2.46. The summed E-state index contributed by atoms with van der Waals surface area (Å²) in [5.41, 5.74) is 19.2. The highest BCUT2D eigenvalue weighted by atomic mass is 15.2. The monoisotopic (exact) mass is 804 g/mol. The first kappa shape index (κ1) is 36.9. The van der Waals surface area contributed by atoms with Gasteiger partial charge in [0.15, 0.2) is 0 Å². The van der Waals surface area contributed by atoms with Crippen LogP contribution in [0.15, 0.2) is 255 Å². The van der Waals surface area contributed by atoms with E-state index in [0.29, 0.717) is 5.92 Å². The molecule has 0 aromatic heterocycles. The van der Waals surface area contributed by atoms with Crippen LogP contribution < -0.4 is 9.80 Å². The van der Waals surface area contributed by atoms with Crippen molar-refractivity contribution in [1.82, 2.24) is 0 Å². The Morgan fingerprint density at radius 2 is 0.889 bits per heavy atom. The van der Waals surface area contributed by atoms with Crippen LogP contribution in [-0.2, 0) is 5.41 Å². The Bertz CT molecular complexity index is 3110. The molecule has 0 saturated carbocycles. The van der Waals surface area contributed by atoms with Crippen molar-refractivity contribution in [3.8, 4) is 33.4 Å². The number of fused-ring (bicyclic) bond motifs is 6. The van der Waals surface area contributed by atoms with Crippen LogP contribution >= 0.6 is 0 Å². The lowest BCUT2D eigenvalue weighted by Gasteiger charge is -2.35. The second kappa shape index (κ2) is 15.2. The summed E-state index contributed by atoms with van der Waals surface area (Å²) >= 11 is 0. The maximum absolute atomic E-state index is 2.49. The van der Waals surface area contributed by atoms with Crippen molar-refractivity contribution >= 4 is 28.4 Å². The summed E-state index contributed by atoms with van der Waals surface area (Å²) in [6.45, 7) is 0. The van der Waals surface area contributed by atoms with Crippen molar-refractivity contribution in [3.05, 3.63) is 283 Å². The van der Waals surface area contributed by atoms with Crippen molar-refractivity contribution in [2.24, 2.45) is 0 Å². The van der Waals surface area contributed by atoms with Gasteiger partial charge in [0.2, 0.25) is 0 Å². The zero-order valence-electron chi connectivity index (χ0n) is 34.8. The molecule has 0 bridgehead atoms. The molecule has 2 heteroatoms. The van der Waals surface area contributed by atoms with Crippen molar-refractivity contribution < 1.29 is 0 Å². The normalized spacial score (nSPS) is 16.2. The molecule has 0 spiro atoms. The molecule has 0 fully saturated rings. The largest absolute Gasteiger partial charge is 0.333 e. The van der Waals surface area contributed by atoms with Crippen LogP contribution in [0.5, 0.6) is 0 Å². The molecule has 1 aliphatic heterocycles. The fraction of sp³-hybridized carbons (Fsp3) is 0.0492. The Kier molecular flexibility index (Phi) is 8.90. The van der Waals surface area contributed by atoms with Gasteiger partial charge in [-0.25, -0.2) is 0 Å². The first-order valence-electron chi connectivity index (χ1n) is 22.0. The van der Waals surface area contributed by atoms with Gasteiger partial charge in [-0.3, -0.25) is 0 Å². The van der Waals surface area contributed by atoms with Gasteiger partial charge in [0.05, 0.1) is 11.5 Å². The first-order valence-corrected chi connectivity index (χ1v) is 22.0. The third-order valence-corrected chi connectivity index (χ3v) is 13.5. The number of benzene rings is 9. The van der Waals surface area contributed by atoms with Gasteiger partial charge >= 0.3 is 0 Å². The molecule has 9 aromatic carbocycles. The van der Waals surface area contributed by atoms with Crippen LogP contribution in [0.2, 0.25) is 0 Å². The lowest BCUT2D eigenvalue weighted by molar-refractivity contribution is 0.745. The molecule has 0 amide bonds. The SMILES string of the molecule is C1=CC2c3cc(-c4ccc(N(c5ccc(-c6ccccc6)cc5)c5ccc6c(c5)C(c5ccccc5)(c5ccccc5)c5ccccc5-6)cc4)ccc3N(c3ccccc3)C2C=C1. The molecule has 3 aliphatic rings. The fourth-order valence-electron chi connectivity index (χ4n) is 10.7. The van der Waals surface area contributed by atoms with Gasteiger partial charge in [-0.05, 0) is 122 Å². The standard InChI is InChI=1S/C61H44N2/c1-5-17-43(18-6-1)44-29-34-50(35-30-44)62(51-36-31-45(32-37-51)46-33-40-60-56(41-46)55-26-14-16-28-59(55)63(60)49-23-11-4-12-24-49)52-38-39-54-53-25-13-15-27-57(53)61(58(54)42-52,47-19-7-2-8-20-47)48-21-9-3-10-22-48/h1-42,55,59H. The van der Waals surface area contributed by atoms with Gasteiger partial charge in [-0.2, -0.15) is 0 Å². The predicted molar refractivity (Wildman–Crippen MR) is 263 cm³/mol. The van der Waals surface area contributed by atoms with Crippen LogP contribution in [-0.4, -0.2) is 6.04 Å². The Labute approximate surface area is 370 Å². The summed E-state index contributed by atoms with van der Waals surface area (Å²) < 4.78 is 0. The molecule has 0 N–H and O–H groups in total. The van der Waals surface area contributed by atoms with Gasteiger partial charge in [0, 0.05) is 34.4 Å². The summed E-state index contributed by atoms with van der Waals surface area (Å²) in [5.74, 6) is 0.295. The Balaban J connectivity index is 0.991. The highest BCUT2D eigenvalue weighted by molar-refractivity contribution is 5.90. The molecule has 298 valence electrons. The third-order valence-electron chi connectivity index (χ3n) is 13.5. The van der Waals surface area contributed by atoms with E-state index < -0.39 is 5.41 Å². The minimum atomic E-state index is -0.497. The van der Waals surface area contributed by atoms with Crippen LogP contribution in [0.3, 0.4) is 0 Å². The van der Waals surface area contributed by atoms with Crippen LogP contribution in [0, 0.1) is 0 Å². The minimum absolute atomic E-state index is 0.259. The Morgan fingerprint density at radius 3 is 1.56 bits per heavy atom. The van der Waals surface area contributed by atoms with E-state index in [1.165, 1.54) is 72.6 Å². The predicted octanol–water partition coefficient (Wildman–Crippen LogP) is 15.6. The van der Waals surface area contributed by atoms with E-state index in [0.717, 1.165) is 17.1 Å².